The third-order valence-electron chi connectivity index (χ3n) is 5.13. The minimum Gasteiger partial charge on any atom is -0.484 e. The summed E-state index contributed by atoms with van der Waals surface area (Å²) in [5, 5.41) is 7.34. The van der Waals surface area contributed by atoms with Gasteiger partial charge in [0.15, 0.2) is 6.61 Å². The van der Waals surface area contributed by atoms with Gasteiger partial charge in [0.25, 0.3) is 5.91 Å². The van der Waals surface area contributed by atoms with Crippen molar-refractivity contribution in [2.24, 2.45) is 0 Å². The van der Waals surface area contributed by atoms with Crippen LogP contribution in [0.3, 0.4) is 0 Å². The van der Waals surface area contributed by atoms with Crippen molar-refractivity contribution in [3.63, 3.8) is 0 Å². The second kappa shape index (κ2) is 9.04. The van der Waals surface area contributed by atoms with Gasteiger partial charge < -0.3 is 10.1 Å². The van der Waals surface area contributed by atoms with E-state index in [9.17, 15) is 4.79 Å². The number of para-hydroxylation sites is 1. The molecule has 0 aliphatic carbocycles. The molecular formula is C23H24N2O2S. The summed E-state index contributed by atoms with van der Waals surface area (Å²) < 4.78 is 5.56. The maximum Gasteiger partial charge on any atom is 0.258 e. The molecule has 2 heterocycles. The SMILES string of the molecule is O=C(COc1ccccc1)NCC(c1ccsc1)N1CCc2ccccc2C1. The van der Waals surface area contributed by atoms with Gasteiger partial charge in [-0.25, -0.2) is 0 Å². The molecule has 0 radical (unpaired) electrons. The van der Waals surface area contributed by atoms with E-state index in [0.717, 1.165) is 19.5 Å². The normalized spacial score (nSPS) is 14.9. The molecule has 1 amide bonds. The Morgan fingerprint density at radius 2 is 1.86 bits per heavy atom. The minimum atomic E-state index is -0.0958. The molecule has 1 aliphatic rings. The lowest BCUT2D eigenvalue weighted by Gasteiger charge is -2.35. The summed E-state index contributed by atoms with van der Waals surface area (Å²) in [5.41, 5.74) is 4.07. The zero-order valence-corrected chi connectivity index (χ0v) is 16.5. The van der Waals surface area contributed by atoms with Gasteiger partial charge in [-0.1, -0.05) is 42.5 Å². The summed E-state index contributed by atoms with van der Waals surface area (Å²) in [4.78, 5) is 14.8. The second-order valence-electron chi connectivity index (χ2n) is 6.97. The number of rotatable bonds is 7. The number of fused-ring (bicyclic) bond motifs is 1. The van der Waals surface area contributed by atoms with Crippen molar-refractivity contribution in [2.75, 3.05) is 19.7 Å². The Labute approximate surface area is 169 Å². The van der Waals surface area contributed by atoms with Crippen LogP contribution >= 0.6 is 11.3 Å². The molecule has 0 spiro atoms. The predicted molar refractivity (Wildman–Crippen MR) is 113 cm³/mol. The molecule has 0 fully saturated rings. The molecule has 1 unspecified atom stereocenters. The first kappa shape index (κ1) is 18.7. The Bertz CT molecular complexity index is 896. The predicted octanol–water partition coefficient (Wildman–Crippen LogP) is 4.04. The molecule has 28 heavy (non-hydrogen) atoms. The summed E-state index contributed by atoms with van der Waals surface area (Å²) in [5.74, 6) is 0.612. The van der Waals surface area contributed by atoms with E-state index in [1.165, 1.54) is 16.7 Å². The lowest BCUT2D eigenvalue weighted by Crippen LogP contribution is -2.41. The topological polar surface area (TPSA) is 41.6 Å². The van der Waals surface area contributed by atoms with E-state index in [1.807, 2.05) is 30.3 Å². The van der Waals surface area contributed by atoms with Crippen LogP contribution in [-0.2, 0) is 17.8 Å². The fraction of sp³-hybridized carbons (Fsp3) is 0.261. The van der Waals surface area contributed by atoms with Gasteiger partial charge in [-0.05, 0) is 52.1 Å². The van der Waals surface area contributed by atoms with Crippen molar-refractivity contribution in [3.8, 4) is 5.75 Å². The van der Waals surface area contributed by atoms with E-state index in [-0.39, 0.29) is 18.6 Å². The van der Waals surface area contributed by atoms with Crippen molar-refractivity contribution < 1.29 is 9.53 Å². The van der Waals surface area contributed by atoms with Crippen LogP contribution in [0.4, 0.5) is 0 Å². The van der Waals surface area contributed by atoms with Gasteiger partial charge in [0.2, 0.25) is 0 Å². The number of carbonyl (C=O) groups excluding carboxylic acids is 1. The van der Waals surface area contributed by atoms with Crippen molar-refractivity contribution in [2.45, 2.75) is 19.0 Å². The van der Waals surface area contributed by atoms with Gasteiger partial charge >= 0.3 is 0 Å². The molecule has 5 heteroatoms. The Kier molecular flexibility index (Phi) is 6.04. The quantitative estimate of drug-likeness (QED) is 0.660. The number of nitrogens with zero attached hydrogens (tertiary/aromatic N) is 1. The van der Waals surface area contributed by atoms with Gasteiger partial charge in [-0.3, -0.25) is 9.69 Å². The maximum atomic E-state index is 12.3. The molecule has 0 saturated heterocycles. The van der Waals surface area contributed by atoms with Crippen molar-refractivity contribution in [1.82, 2.24) is 10.2 Å². The van der Waals surface area contributed by atoms with Crippen LogP contribution < -0.4 is 10.1 Å². The summed E-state index contributed by atoms with van der Waals surface area (Å²) in [6.07, 6.45) is 1.04. The zero-order chi connectivity index (χ0) is 19.2. The number of amides is 1. The van der Waals surface area contributed by atoms with Gasteiger partial charge in [0, 0.05) is 19.6 Å². The molecule has 4 nitrogen and oxygen atoms in total. The number of thiophene rings is 1. The molecule has 1 aromatic heterocycles. The van der Waals surface area contributed by atoms with Crippen LogP contribution in [0, 0.1) is 0 Å². The van der Waals surface area contributed by atoms with Crippen LogP contribution in [0.1, 0.15) is 22.7 Å². The van der Waals surface area contributed by atoms with Gasteiger partial charge in [-0.15, -0.1) is 0 Å². The van der Waals surface area contributed by atoms with E-state index in [2.05, 4.69) is 51.3 Å². The molecular weight excluding hydrogens is 368 g/mol. The first-order valence-corrected chi connectivity index (χ1v) is 10.5. The van der Waals surface area contributed by atoms with E-state index in [0.29, 0.717) is 12.3 Å². The zero-order valence-electron chi connectivity index (χ0n) is 15.7. The maximum absolute atomic E-state index is 12.3. The smallest absolute Gasteiger partial charge is 0.258 e. The Morgan fingerprint density at radius 3 is 2.64 bits per heavy atom. The lowest BCUT2D eigenvalue weighted by atomic mass is 9.97. The van der Waals surface area contributed by atoms with Crippen molar-refractivity contribution >= 4 is 17.2 Å². The monoisotopic (exact) mass is 392 g/mol. The fourth-order valence-electron chi connectivity index (χ4n) is 3.63. The molecule has 1 aliphatic heterocycles. The Morgan fingerprint density at radius 1 is 1.07 bits per heavy atom. The molecule has 1 N–H and O–H groups in total. The Hall–Kier alpha value is -2.63. The van der Waals surface area contributed by atoms with Crippen molar-refractivity contribution in [3.05, 3.63) is 88.1 Å². The van der Waals surface area contributed by atoms with Crippen LogP contribution in [0.15, 0.2) is 71.4 Å². The summed E-state index contributed by atoms with van der Waals surface area (Å²) in [6, 6.07) is 20.4. The van der Waals surface area contributed by atoms with Crippen LogP contribution in [0.5, 0.6) is 5.75 Å². The standard InChI is InChI=1S/C23H24N2O2S/c26-23(16-27-21-8-2-1-3-9-21)24-14-22(20-11-13-28-17-20)25-12-10-18-6-4-5-7-19(18)15-25/h1-9,11,13,17,22H,10,12,14-16H2,(H,24,26). The third-order valence-corrected chi connectivity index (χ3v) is 5.84. The van der Waals surface area contributed by atoms with Gasteiger partial charge in [0.1, 0.15) is 5.75 Å². The van der Waals surface area contributed by atoms with Crippen LogP contribution in [-0.4, -0.2) is 30.5 Å². The highest BCUT2D eigenvalue weighted by molar-refractivity contribution is 7.07. The number of ether oxygens (including phenoxy) is 1. The van der Waals surface area contributed by atoms with E-state index < -0.39 is 0 Å². The highest BCUT2D eigenvalue weighted by Crippen LogP contribution is 2.28. The summed E-state index contributed by atoms with van der Waals surface area (Å²) in [6.45, 7) is 2.51. The summed E-state index contributed by atoms with van der Waals surface area (Å²) in [7, 11) is 0. The summed E-state index contributed by atoms with van der Waals surface area (Å²) >= 11 is 1.70. The molecule has 3 aromatic rings. The number of hydrogen-bond acceptors (Lipinski definition) is 4. The first-order valence-electron chi connectivity index (χ1n) is 9.57. The molecule has 4 rings (SSSR count). The average Bonchev–Trinajstić information content (AvgIpc) is 3.27. The van der Waals surface area contributed by atoms with Crippen LogP contribution in [0.25, 0.3) is 0 Å². The van der Waals surface area contributed by atoms with E-state index in [4.69, 9.17) is 4.74 Å². The number of hydrogen-bond donors (Lipinski definition) is 1. The molecule has 0 saturated carbocycles. The molecule has 2 aromatic carbocycles. The van der Waals surface area contributed by atoms with Gasteiger partial charge in [-0.2, -0.15) is 11.3 Å². The number of benzene rings is 2. The first-order chi connectivity index (χ1) is 13.8. The van der Waals surface area contributed by atoms with E-state index >= 15 is 0 Å². The highest BCUT2D eigenvalue weighted by atomic mass is 32.1. The highest BCUT2D eigenvalue weighted by Gasteiger charge is 2.25. The van der Waals surface area contributed by atoms with Crippen molar-refractivity contribution in [1.29, 1.82) is 0 Å². The van der Waals surface area contributed by atoms with Gasteiger partial charge in [0.05, 0.1) is 6.04 Å². The largest absolute Gasteiger partial charge is 0.484 e. The minimum absolute atomic E-state index is 0.0310. The van der Waals surface area contributed by atoms with Crippen LogP contribution in [0.2, 0.25) is 0 Å². The average molecular weight is 393 g/mol. The fourth-order valence-corrected chi connectivity index (χ4v) is 4.34. The third kappa shape index (κ3) is 4.61. The molecule has 144 valence electrons. The molecule has 1 atom stereocenters. The van der Waals surface area contributed by atoms with E-state index in [1.54, 1.807) is 11.3 Å². The Balaban J connectivity index is 1.38. The number of carbonyl (C=O) groups is 1. The number of nitrogens with one attached hydrogen (secondary N) is 1. The molecule has 0 bridgehead atoms. The lowest BCUT2D eigenvalue weighted by molar-refractivity contribution is -0.123. The second-order valence-corrected chi connectivity index (χ2v) is 7.75.